The van der Waals surface area contributed by atoms with Crippen LogP contribution in [0.3, 0.4) is 0 Å². The molecule has 3 aliphatic rings. The van der Waals surface area contributed by atoms with E-state index in [-0.39, 0.29) is 23.6 Å². The maximum atomic E-state index is 13.3. The van der Waals surface area contributed by atoms with Crippen LogP contribution in [0.2, 0.25) is 0 Å². The number of fused-ring (bicyclic) bond motifs is 1. The van der Waals surface area contributed by atoms with Gasteiger partial charge in [-0.15, -0.1) is 0 Å². The minimum atomic E-state index is -0.657. The molecule has 7 heteroatoms. The van der Waals surface area contributed by atoms with Gasteiger partial charge >= 0.3 is 0 Å². The molecule has 7 nitrogen and oxygen atoms in total. The van der Waals surface area contributed by atoms with E-state index in [9.17, 15) is 14.4 Å². The minimum Gasteiger partial charge on any atom is -0.472 e. The SMILES string of the molecule is CC(=O)N1C[C@H]2CN(C(=O)c3ccoc3)C[C@@]2(C(=O)N2CCCC2)C1. The Morgan fingerprint density at radius 1 is 1.08 bits per heavy atom. The predicted molar refractivity (Wildman–Crippen MR) is 88.6 cm³/mol. The van der Waals surface area contributed by atoms with Gasteiger partial charge in [-0.2, -0.15) is 0 Å². The van der Waals surface area contributed by atoms with Crippen molar-refractivity contribution < 1.29 is 18.8 Å². The van der Waals surface area contributed by atoms with E-state index >= 15 is 0 Å². The molecule has 0 spiro atoms. The number of carbonyl (C=O) groups excluding carboxylic acids is 3. The van der Waals surface area contributed by atoms with Gasteiger partial charge in [0.1, 0.15) is 6.26 Å². The monoisotopic (exact) mass is 345 g/mol. The van der Waals surface area contributed by atoms with Crippen LogP contribution in [0.15, 0.2) is 23.0 Å². The molecule has 0 aromatic carbocycles. The van der Waals surface area contributed by atoms with Gasteiger partial charge in [-0.3, -0.25) is 14.4 Å². The number of hydrogen-bond acceptors (Lipinski definition) is 4. The highest BCUT2D eigenvalue weighted by Gasteiger charge is 2.59. The fraction of sp³-hybridized carbons (Fsp3) is 0.611. The van der Waals surface area contributed by atoms with E-state index < -0.39 is 5.41 Å². The summed E-state index contributed by atoms with van der Waals surface area (Å²) in [6.45, 7) is 4.95. The van der Waals surface area contributed by atoms with E-state index in [1.807, 2.05) is 4.90 Å². The second-order valence-electron chi connectivity index (χ2n) is 7.45. The predicted octanol–water partition coefficient (Wildman–Crippen LogP) is 0.823. The first-order chi connectivity index (χ1) is 12.0. The molecule has 3 amide bonds. The highest BCUT2D eigenvalue weighted by Crippen LogP contribution is 2.45. The highest BCUT2D eigenvalue weighted by atomic mass is 16.3. The van der Waals surface area contributed by atoms with Crippen molar-refractivity contribution in [2.24, 2.45) is 11.3 Å². The third-order valence-electron chi connectivity index (χ3n) is 5.93. The average Bonchev–Trinajstić information content (AvgIpc) is 3.36. The van der Waals surface area contributed by atoms with Gasteiger partial charge in [-0.05, 0) is 18.9 Å². The standard InChI is InChI=1S/C18H23N3O4/c1-13(22)20-8-15-9-21(16(23)14-4-7-25-10-14)12-18(15,11-20)17(24)19-5-2-3-6-19/h4,7,10,15H,2-3,5-6,8-9,11-12H2,1H3/t15-,18-/m0/s1. The zero-order valence-electron chi connectivity index (χ0n) is 14.4. The molecule has 0 radical (unpaired) electrons. The fourth-order valence-corrected chi connectivity index (χ4v) is 4.57. The van der Waals surface area contributed by atoms with E-state index in [2.05, 4.69) is 0 Å². The summed E-state index contributed by atoms with van der Waals surface area (Å²) in [6.07, 6.45) is 4.97. The van der Waals surface area contributed by atoms with E-state index in [1.165, 1.54) is 12.5 Å². The van der Waals surface area contributed by atoms with Crippen molar-refractivity contribution in [3.05, 3.63) is 24.2 Å². The van der Waals surface area contributed by atoms with E-state index in [4.69, 9.17) is 4.42 Å². The Morgan fingerprint density at radius 3 is 2.40 bits per heavy atom. The molecule has 0 unspecified atom stereocenters. The van der Waals surface area contributed by atoms with Crippen LogP contribution in [0, 0.1) is 11.3 Å². The number of rotatable bonds is 2. The number of likely N-dealkylation sites (tertiary alicyclic amines) is 3. The molecule has 3 fully saturated rings. The van der Waals surface area contributed by atoms with Gasteiger partial charge in [-0.1, -0.05) is 0 Å². The van der Waals surface area contributed by atoms with Crippen LogP contribution in [0.1, 0.15) is 30.1 Å². The molecule has 3 aliphatic heterocycles. The molecular weight excluding hydrogens is 322 g/mol. The topological polar surface area (TPSA) is 74.1 Å². The lowest BCUT2D eigenvalue weighted by molar-refractivity contribution is -0.141. The summed E-state index contributed by atoms with van der Waals surface area (Å²) in [7, 11) is 0. The van der Waals surface area contributed by atoms with Crippen LogP contribution in [0.4, 0.5) is 0 Å². The van der Waals surface area contributed by atoms with Crippen molar-refractivity contribution in [2.75, 3.05) is 39.3 Å². The largest absolute Gasteiger partial charge is 0.472 e. The molecule has 0 saturated carbocycles. The maximum absolute atomic E-state index is 13.3. The summed E-state index contributed by atoms with van der Waals surface area (Å²) in [5.74, 6) is 0.00317. The Kier molecular flexibility index (Phi) is 3.81. The third kappa shape index (κ3) is 2.53. The molecule has 4 rings (SSSR count). The zero-order chi connectivity index (χ0) is 17.6. The molecule has 3 saturated heterocycles. The van der Waals surface area contributed by atoms with Gasteiger partial charge in [0, 0.05) is 52.1 Å². The van der Waals surface area contributed by atoms with Crippen molar-refractivity contribution in [2.45, 2.75) is 19.8 Å². The Morgan fingerprint density at radius 2 is 1.76 bits per heavy atom. The number of amides is 3. The summed E-state index contributed by atoms with van der Waals surface area (Å²) in [4.78, 5) is 43.3. The van der Waals surface area contributed by atoms with Crippen LogP contribution in [-0.4, -0.2) is 71.7 Å². The fourth-order valence-electron chi connectivity index (χ4n) is 4.57. The second-order valence-corrected chi connectivity index (χ2v) is 7.45. The molecule has 1 aromatic rings. The number of carbonyl (C=O) groups is 3. The molecule has 134 valence electrons. The Hall–Kier alpha value is -2.31. The van der Waals surface area contributed by atoms with Crippen LogP contribution in [0.5, 0.6) is 0 Å². The first-order valence-corrected chi connectivity index (χ1v) is 8.87. The molecule has 4 heterocycles. The van der Waals surface area contributed by atoms with Crippen LogP contribution in [0.25, 0.3) is 0 Å². The Balaban J connectivity index is 1.61. The summed E-state index contributed by atoms with van der Waals surface area (Å²) in [5, 5.41) is 0. The van der Waals surface area contributed by atoms with Crippen molar-refractivity contribution in [3.8, 4) is 0 Å². The normalized spacial score (nSPS) is 28.5. The molecule has 25 heavy (non-hydrogen) atoms. The van der Waals surface area contributed by atoms with Gasteiger partial charge in [0.05, 0.1) is 17.2 Å². The average molecular weight is 345 g/mol. The Bertz CT molecular complexity index is 695. The lowest BCUT2D eigenvalue weighted by Gasteiger charge is -2.32. The van der Waals surface area contributed by atoms with Crippen molar-refractivity contribution in [1.29, 1.82) is 0 Å². The molecule has 2 atom stereocenters. The smallest absolute Gasteiger partial charge is 0.257 e. The second kappa shape index (κ2) is 5.89. The first kappa shape index (κ1) is 16.2. The van der Waals surface area contributed by atoms with Gasteiger partial charge in [0.2, 0.25) is 11.8 Å². The van der Waals surface area contributed by atoms with E-state index in [0.717, 1.165) is 25.9 Å². The summed E-state index contributed by atoms with van der Waals surface area (Å²) in [5.41, 5.74) is -0.151. The highest BCUT2D eigenvalue weighted by molar-refractivity contribution is 5.95. The summed E-state index contributed by atoms with van der Waals surface area (Å²) >= 11 is 0. The molecule has 0 aliphatic carbocycles. The quantitative estimate of drug-likeness (QED) is 0.795. The van der Waals surface area contributed by atoms with Crippen LogP contribution in [-0.2, 0) is 9.59 Å². The number of furan rings is 1. The molecule has 0 N–H and O–H groups in total. The minimum absolute atomic E-state index is 0.000325. The first-order valence-electron chi connectivity index (χ1n) is 8.87. The molecule has 0 bridgehead atoms. The molecular formula is C18H23N3O4. The lowest BCUT2D eigenvalue weighted by Crippen LogP contribution is -2.49. The lowest BCUT2D eigenvalue weighted by atomic mass is 9.79. The number of nitrogens with zero attached hydrogens (tertiary/aromatic N) is 3. The summed E-state index contributed by atoms with van der Waals surface area (Å²) < 4.78 is 5.02. The van der Waals surface area contributed by atoms with Gasteiger partial charge in [0.25, 0.3) is 5.91 Å². The Labute approximate surface area is 146 Å². The van der Waals surface area contributed by atoms with E-state index in [1.54, 1.807) is 22.8 Å². The van der Waals surface area contributed by atoms with Crippen LogP contribution >= 0.6 is 0 Å². The zero-order valence-corrected chi connectivity index (χ0v) is 14.4. The number of hydrogen-bond donors (Lipinski definition) is 0. The van der Waals surface area contributed by atoms with E-state index in [0.29, 0.717) is 31.7 Å². The third-order valence-corrected chi connectivity index (χ3v) is 5.93. The summed E-state index contributed by atoms with van der Waals surface area (Å²) in [6, 6.07) is 1.65. The van der Waals surface area contributed by atoms with Crippen molar-refractivity contribution in [3.63, 3.8) is 0 Å². The van der Waals surface area contributed by atoms with Gasteiger partial charge < -0.3 is 19.1 Å². The van der Waals surface area contributed by atoms with Crippen LogP contribution < -0.4 is 0 Å². The van der Waals surface area contributed by atoms with Gasteiger partial charge in [0.15, 0.2) is 0 Å². The van der Waals surface area contributed by atoms with Crippen molar-refractivity contribution in [1.82, 2.24) is 14.7 Å². The maximum Gasteiger partial charge on any atom is 0.257 e. The van der Waals surface area contributed by atoms with Gasteiger partial charge in [-0.25, -0.2) is 0 Å². The van der Waals surface area contributed by atoms with Crippen molar-refractivity contribution >= 4 is 17.7 Å². The molecule has 1 aromatic heterocycles.